The van der Waals surface area contributed by atoms with Crippen molar-refractivity contribution in [2.45, 2.75) is 18.2 Å². The second-order valence-corrected chi connectivity index (χ2v) is 7.72. The summed E-state index contributed by atoms with van der Waals surface area (Å²) in [6.07, 6.45) is 12.4. The van der Waals surface area contributed by atoms with Crippen LogP contribution in [0.25, 0.3) is 0 Å². The molecule has 0 unspecified atom stereocenters. The molecule has 0 fully saturated rings. The minimum absolute atomic E-state index is 0.0153. The Kier molecular flexibility index (Phi) is 6.93. The highest BCUT2D eigenvalue weighted by Gasteiger charge is 2.14. The Hall–Kier alpha value is -1.92. The van der Waals surface area contributed by atoms with Gasteiger partial charge in [-0.25, -0.2) is 27.1 Å². The van der Waals surface area contributed by atoms with Crippen LogP contribution in [-0.2, 0) is 26.5 Å². The maximum Gasteiger partial charge on any atom is 0.238 e. The molecular formula is C16H17N2O4S2. The van der Waals surface area contributed by atoms with E-state index in [0.29, 0.717) is 12.3 Å². The lowest BCUT2D eigenvalue weighted by atomic mass is 10.0. The van der Waals surface area contributed by atoms with E-state index < -0.39 is 20.0 Å². The van der Waals surface area contributed by atoms with Crippen molar-refractivity contribution >= 4 is 20.0 Å². The van der Waals surface area contributed by atoms with Crippen LogP contribution in [0.3, 0.4) is 0 Å². The minimum atomic E-state index is -3.63. The quantitative estimate of drug-likeness (QED) is 0.774. The molecule has 4 N–H and O–H groups in total. The summed E-state index contributed by atoms with van der Waals surface area (Å²) in [5.74, 6) is 2.82. The average Bonchev–Trinajstić information content (AvgIpc) is 2.54. The number of hydrogen-bond acceptors (Lipinski definition) is 4. The molecule has 2 rings (SSSR count). The molecular weight excluding hydrogens is 348 g/mol. The van der Waals surface area contributed by atoms with Gasteiger partial charge in [0, 0.05) is 6.42 Å². The van der Waals surface area contributed by atoms with Gasteiger partial charge in [0.1, 0.15) is 0 Å². The first-order valence-corrected chi connectivity index (χ1v) is 9.80. The van der Waals surface area contributed by atoms with Crippen molar-refractivity contribution < 1.29 is 16.8 Å². The van der Waals surface area contributed by atoms with Crippen molar-refractivity contribution in [3.8, 4) is 12.3 Å². The second-order valence-electron chi connectivity index (χ2n) is 4.63. The van der Waals surface area contributed by atoms with Gasteiger partial charge in [0.2, 0.25) is 20.0 Å². The Morgan fingerprint density at radius 2 is 1.71 bits per heavy atom. The number of hydrogen-bond donors (Lipinski definition) is 2. The lowest BCUT2D eigenvalue weighted by Crippen LogP contribution is -2.15. The highest BCUT2D eigenvalue weighted by Crippen LogP contribution is 2.18. The number of primary sulfonamides is 2. The van der Waals surface area contributed by atoms with Gasteiger partial charge in [0.15, 0.2) is 0 Å². The largest absolute Gasteiger partial charge is 0.238 e. The van der Waals surface area contributed by atoms with E-state index in [9.17, 15) is 16.8 Å². The third-order valence-electron chi connectivity index (χ3n) is 2.93. The van der Waals surface area contributed by atoms with E-state index in [-0.39, 0.29) is 9.80 Å². The molecule has 1 aromatic carbocycles. The zero-order chi connectivity index (χ0) is 18.4. The van der Waals surface area contributed by atoms with E-state index in [1.807, 2.05) is 6.92 Å². The van der Waals surface area contributed by atoms with Crippen LogP contribution >= 0.6 is 0 Å². The Balaban J connectivity index is 0.000000240. The summed E-state index contributed by atoms with van der Waals surface area (Å²) >= 11 is 0. The van der Waals surface area contributed by atoms with Gasteiger partial charge in [-0.15, -0.1) is 6.42 Å². The van der Waals surface area contributed by atoms with Crippen LogP contribution < -0.4 is 10.3 Å². The molecule has 0 atom stereocenters. The first kappa shape index (κ1) is 20.1. The summed E-state index contributed by atoms with van der Waals surface area (Å²) < 4.78 is 43.5. The van der Waals surface area contributed by atoms with Gasteiger partial charge >= 0.3 is 0 Å². The molecule has 1 aliphatic rings. The number of benzene rings is 1. The summed E-state index contributed by atoms with van der Waals surface area (Å²) in [7, 11) is -7.17. The van der Waals surface area contributed by atoms with Crippen LogP contribution in [0.5, 0.6) is 0 Å². The second kappa shape index (κ2) is 8.26. The Bertz CT molecular complexity index is 892. The van der Waals surface area contributed by atoms with Gasteiger partial charge in [-0.2, -0.15) is 0 Å². The summed E-state index contributed by atoms with van der Waals surface area (Å²) in [4.78, 5) is 0.244. The lowest BCUT2D eigenvalue weighted by Gasteiger charge is -2.06. The summed E-state index contributed by atoms with van der Waals surface area (Å²) in [5.41, 5.74) is 0.764. The van der Waals surface area contributed by atoms with E-state index in [4.69, 9.17) is 16.7 Å². The zero-order valence-corrected chi connectivity index (χ0v) is 14.6. The molecule has 0 aliphatic heterocycles. The van der Waals surface area contributed by atoms with Gasteiger partial charge in [-0.1, -0.05) is 43.2 Å². The smallest absolute Gasteiger partial charge is 0.225 e. The number of aryl methyl sites for hydroxylation is 1. The fourth-order valence-electron chi connectivity index (χ4n) is 1.75. The van der Waals surface area contributed by atoms with Crippen molar-refractivity contribution in [2.75, 3.05) is 0 Å². The standard InChI is InChI=1S/C8H6NO2S.C8H11NO2S/c1-2-7-3-5-8(6-4-7)12(9,10)11;1-2-7-5-3-4-6-8(7)12(9,10)11/h1,3,5-6H,(H2,9,10,11);3-6H,2H2,1H3,(H2,9,10,11). The molecule has 24 heavy (non-hydrogen) atoms. The number of nitrogens with two attached hydrogens (primary N) is 2. The van der Waals surface area contributed by atoms with Gasteiger partial charge in [-0.05, 0) is 24.1 Å². The molecule has 6 nitrogen and oxygen atoms in total. The summed E-state index contributed by atoms with van der Waals surface area (Å²) in [6, 6.07) is 6.75. The maximum atomic E-state index is 11.0. The van der Waals surface area contributed by atoms with E-state index in [1.165, 1.54) is 24.3 Å². The molecule has 1 aliphatic carbocycles. The van der Waals surface area contributed by atoms with Crippen molar-refractivity contribution in [1.82, 2.24) is 0 Å². The molecule has 0 heterocycles. The number of allylic oxidation sites excluding steroid dienone is 3. The number of rotatable bonds is 3. The van der Waals surface area contributed by atoms with Crippen LogP contribution in [0.2, 0.25) is 0 Å². The van der Waals surface area contributed by atoms with Crippen LogP contribution in [-0.4, -0.2) is 16.8 Å². The molecule has 0 bridgehead atoms. The van der Waals surface area contributed by atoms with Gasteiger partial charge < -0.3 is 0 Å². The summed E-state index contributed by atoms with van der Waals surface area (Å²) in [6.45, 7) is 1.89. The highest BCUT2D eigenvalue weighted by atomic mass is 32.2. The third-order valence-corrected chi connectivity index (χ3v) is 4.85. The van der Waals surface area contributed by atoms with Crippen LogP contribution in [0.4, 0.5) is 0 Å². The fraction of sp³-hybridized carbons (Fsp3) is 0.125. The zero-order valence-electron chi connectivity index (χ0n) is 12.9. The predicted molar refractivity (Wildman–Crippen MR) is 92.8 cm³/mol. The molecule has 0 aromatic heterocycles. The SMILES string of the molecule is C#C[C]1[C]C=C(S(N)(=O)=O)C=C1.CCc1ccccc1S(N)(=O)=O. The minimum Gasteiger partial charge on any atom is -0.225 e. The van der Waals surface area contributed by atoms with E-state index >= 15 is 0 Å². The normalized spacial score (nSPS) is 15.0. The molecule has 0 saturated carbocycles. The Labute approximate surface area is 143 Å². The van der Waals surface area contributed by atoms with Gasteiger partial charge in [0.05, 0.1) is 15.7 Å². The van der Waals surface area contributed by atoms with Crippen LogP contribution in [0, 0.1) is 24.7 Å². The van der Waals surface area contributed by atoms with Crippen molar-refractivity contribution in [3.63, 3.8) is 0 Å². The molecule has 1 aromatic rings. The molecule has 0 amide bonds. The maximum absolute atomic E-state index is 11.0. The van der Waals surface area contributed by atoms with Crippen LogP contribution in [0.1, 0.15) is 12.5 Å². The topological polar surface area (TPSA) is 120 Å². The Morgan fingerprint density at radius 1 is 1.08 bits per heavy atom. The highest BCUT2D eigenvalue weighted by molar-refractivity contribution is 7.93. The molecule has 8 heteroatoms. The number of terminal acetylenes is 1. The predicted octanol–water partition coefficient (Wildman–Crippen LogP) is 0.914. The van der Waals surface area contributed by atoms with Crippen molar-refractivity contribution in [3.05, 3.63) is 65.3 Å². The van der Waals surface area contributed by atoms with Crippen LogP contribution in [0.15, 0.2) is 52.3 Å². The van der Waals surface area contributed by atoms with E-state index in [2.05, 4.69) is 12.3 Å². The average molecular weight is 365 g/mol. The van der Waals surface area contributed by atoms with E-state index in [0.717, 1.165) is 5.56 Å². The van der Waals surface area contributed by atoms with Crippen molar-refractivity contribution in [1.29, 1.82) is 0 Å². The summed E-state index contributed by atoms with van der Waals surface area (Å²) in [5, 5.41) is 9.85. The third kappa shape index (κ3) is 5.94. The first-order valence-electron chi connectivity index (χ1n) is 6.71. The van der Waals surface area contributed by atoms with Crippen molar-refractivity contribution in [2.24, 2.45) is 10.3 Å². The van der Waals surface area contributed by atoms with Gasteiger partial charge in [-0.3, -0.25) is 0 Å². The van der Waals surface area contributed by atoms with E-state index in [1.54, 1.807) is 18.2 Å². The Morgan fingerprint density at radius 3 is 2.08 bits per heavy atom. The molecule has 127 valence electrons. The molecule has 0 saturated heterocycles. The molecule has 0 spiro atoms. The van der Waals surface area contributed by atoms with Gasteiger partial charge in [0.25, 0.3) is 0 Å². The lowest BCUT2D eigenvalue weighted by molar-refractivity contribution is 0.596. The number of sulfonamides is 2. The molecule has 3 radical (unpaired) electrons. The monoisotopic (exact) mass is 365 g/mol. The first-order chi connectivity index (χ1) is 11.1. The fourth-order valence-corrected chi connectivity index (χ4v) is 3.08.